The SMILES string of the molecule is O=C(Cc1c(O)n(-c2ccccc2)c(=S)n1CCc1ccc(Cl)cc1)Nc1ccon1. The van der Waals surface area contributed by atoms with Crippen molar-refractivity contribution in [3.63, 3.8) is 0 Å². The van der Waals surface area contributed by atoms with E-state index in [1.165, 1.54) is 6.26 Å². The molecule has 0 atom stereocenters. The Balaban J connectivity index is 1.67. The standard InChI is InChI=1S/C22H19ClN4O3S/c23-16-8-6-15(7-9-16)10-12-26-18(14-20(28)24-19-11-13-30-25-19)21(29)27(22(26)31)17-4-2-1-3-5-17/h1-9,11,13,29H,10,12,14H2,(H,24,25,28). The fraction of sp³-hybridized carbons (Fsp3) is 0.136. The molecule has 4 rings (SSSR count). The van der Waals surface area contributed by atoms with Gasteiger partial charge >= 0.3 is 0 Å². The molecule has 9 heteroatoms. The molecule has 0 aliphatic carbocycles. The Kier molecular flexibility index (Phi) is 6.20. The number of amides is 1. The Morgan fingerprint density at radius 3 is 2.55 bits per heavy atom. The smallest absolute Gasteiger partial charge is 0.231 e. The van der Waals surface area contributed by atoms with E-state index in [1.54, 1.807) is 15.2 Å². The number of aryl methyl sites for hydroxylation is 1. The second-order valence-electron chi connectivity index (χ2n) is 6.86. The summed E-state index contributed by atoms with van der Waals surface area (Å²) in [4.78, 5) is 12.6. The highest BCUT2D eigenvalue weighted by molar-refractivity contribution is 7.71. The normalized spacial score (nSPS) is 10.9. The first-order valence-corrected chi connectivity index (χ1v) is 10.3. The summed E-state index contributed by atoms with van der Waals surface area (Å²) in [7, 11) is 0. The molecule has 0 bridgehead atoms. The van der Waals surface area contributed by atoms with Crippen LogP contribution in [0.2, 0.25) is 5.02 Å². The van der Waals surface area contributed by atoms with Crippen molar-refractivity contribution < 1.29 is 14.4 Å². The van der Waals surface area contributed by atoms with Crippen LogP contribution >= 0.6 is 23.8 Å². The van der Waals surface area contributed by atoms with Gasteiger partial charge in [0.25, 0.3) is 0 Å². The maximum Gasteiger partial charge on any atom is 0.231 e. The van der Waals surface area contributed by atoms with Gasteiger partial charge in [-0.25, -0.2) is 0 Å². The van der Waals surface area contributed by atoms with Crippen LogP contribution in [0.15, 0.2) is 71.4 Å². The van der Waals surface area contributed by atoms with Gasteiger partial charge in [-0.3, -0.25) is 9.36 Å². The zero-order valence-corrected chi connectivity index (χ0v) is 17.9. The van der Waals surface area contributed by atoms with Gasteiger partial charge in [0.1, 0.15) is 6.26 Å². The number of carbonyl (C=O) groups is 1. The number of benzene rings is 2. The van der Waals surface area contributed by atoms with E-state index in [0.29, 0.717) is 40.0 Å². The van der Waals surface area contributed by atoms with E-state index in [9.17, 15) is 9.90 Å². The third-order valence-electron chi connectivity index (χ3n) is 4.80. The number of imidazole rings is 1. The molecule has 2 aromatic carbocycles. The molecule has 2 aromatic heterocycles. The van der Waals surface area contributed by atoms with Crippen LogP contribution < -0.4 is 5.32 Å². The lowest BCUT2D eigenvalue weighted by Gasteiger charge is -2.09. The Morgan fingerprint density at radius 2 is 1.87 bits per heavy atom. The van der Waals surface area contributed by atoms with Crippen molar-refractivity contribution in [1.29, 1.82) is 0 Å². The Bertz CT molecular complexity index is 1230. The largest absolute Gasteiger partial charge is 0.493 e. The number of nitrogens with zero attached hydrogens (tertiary/aromatic N) is 3. The Labute approximate surface area is 188 Å². The quantitative estimate of drug-likeness (QED) is 0.392. The Morgan fingerprint density at radius 1 is 1.13 bits per heavy atom. The molecule has 0 unspecified atom stereocenters. The predicted molar refractivity (Wildman–Crippen MR) is 120 cm³/mol. The maximum absolute atomic E-state index is 12.6. The minimum Gasteiger partial charge on any atom is -0.493 e. The average molecular weight is 455 g/mol. The summed E-state index contributed by atoms with van der Waals surface area (Å²) in [6, 6.07) is 18.4. The highest BCUT2D eigenvalue weighted by Gasteiger charge is 2.21. The number of para-hydroxylation sites is 1. The number of hydrogen-bond acceptors (Lipinski definition) is 5. The first-order chi connectivity index (χ1) is 15.0. The predicted octanol–water partition coefficient (Wildman–Crippen LogP) is 4.78. The monoisotopic (exact) mass is 454 g/mol. The third kappa shape index (κ3) is 4.70. The molecule has 7 nitrogen and oxygen atoms in total. The Hall–Kier alpha value is -3.36. The molecule has 2 N–H and O–H groups in total. The molecule has 0 spiro atoms. The van der Waals surface area contributed by atoms with Crippen LogP contribution in [0.3, 0.4) is 0 Å². The highest BCUT2D eigenvalue weighted by Crippen LogP contribution is 2.27. The molecular weight excluding hydrogens is 436 g/mol. The number of aromatic nitrogens is 3. The van der Waals surface area contributed by atoms with E-state index in [2.05, 4.69) is 10.5 Å². The van der Waals surface area contributed by atoms with Crippen molar-refractivity contribution in [3.05, 3.63) is 88.0 Å². The number of nitrogens with one attached hydrogen (secondary N) is 1. The molecule has 0 aliphatic rings. The highest BCUT2D eigenvalue weighted by atomic mass is 35.5. The third-order valence-corrected chi connectivity index (χ3v) is 5.46. The minimum absolute atomic E-state index is 0.0670. The summed E-state index contributed by atoms with van der Waals surface area (Å²) in [5.41, 5.74) is 2.20. The van der Waals surface area contributed by atoms with Gasteiger partial charge in [0, 0.05) is 17.6 Å². The van der Waals surface area contributed by atoms with Crippen LogP contribution in [0.1, 0.15) is 11.3 Å². The van der Waals surface area contributed by atoms with Crippen molar-refractivity contribution >= 4 is 35.5 Å². The van der Waals surface area contributed by atoms with Gasteiger partial charge in [0.15, 0.2) is 10.6 Å². The lowest BCUT2D eigenvalue weighted by atomic mass is 10.1. The average Bonchev–Trinajstić information content (AvgIpc) is 3.35. The molecule has 1 amide bonds. The van der Waals surface area contributed by atoms with Crippen molar-refractivity contribution in [2.45, 2.75) is 19.4 Å². The maximum atomic E-state index is 12.6. The second kappa shape index (κ2) is 9.20. The topological polar surface area (TPSA) is 85.2 Å². The van der Waals surface area contributed by atoms with Crippen LogP contribution in [0, 0.1) is 4.77 Å². The fourth-order valence-corrected chi connectivity index (χ4v) is 3.82. The molecule has 2 heterocycles. The molecular formula is C22H19ClN4O3S. The number of aromatic hydroxyl groups is 1. The summed E-state index contributed by atoms with van der Waals surface area (Å²) in [6.07, 6.45) is 1.94. The second-order valence-corrected chi connectivity index (χ2v) is 7.66. The van der Waals surface area contributed by atoms with Crippen LogP contribution in [0.5, 0.6) is 5.88 Å². The first-order valence-electron chi connectivity index (χ1n) is 9.56. The molecule has 4 aromatic rings. The van der Waals surface area contributed by atoms with Gasteiger partial charge in [-0.15, -0.1) is 0 Å². The van der Waals surface area contributed by atoms with Crippen molar-refractivity contribution in [2.75, 3.05) is 5.32 Å². The number of rotatable bonds is 7. The van der Waals surface area contributed by atoms with Crippen LogP contribution in [-0.2, 0) is 24.2 Å². The lowest BCUT2D eigenvalue weighted by Crippen LogP contribution is -2.17. The fourth-order valence-electron chi connectivity index (χ4n) is 3.30. The molecule has 0 saturated carbocycles. The number of halogens is 1. The summed E-state index contributed by atoms with van der Waals surface area (Å²) < 4.78 is 8.50. The van der Waals surface area contributed by atoms with Gasteiger partial charge in [-0.1, -0.05) is 47.1 Å². The van der Waals surface area contributed by atoms with Gasteiger partial charge < -0.3 is 19.5 Å². The van der Waals surface area contributed by atoms with Crippen molar-refractivity contribution in [1.82, 2.24) is 14.3 Å². The summed E-state index contributed by atoms with van der Waals surface area (Å²) >= 11 is 11.6. The molecule has 0 radical (unpaired) electrons. The molecule has 0 saturated heterocycles. The zero-order chi connectivity index (χ0) is 21.8. The minimum atomic E-state index is -0.343. The van der Waals surface area contributed by atoms with Crippen LogP contribution in [0.25, 0.3) is 5.69 Å². The van der Waals surface area contributed by atoms with Gasteiger partial charge in [0.2, 0.25) is 11.8 Å². The lowest BCUT2D eigenvalue weighted by molar-refractivity contribution is -0.115. The van der Waals surface area contributed by atoms with Crippen LogP contribution in [0.4, 0.5) is 5.82 Å². The number of carbonyl (C=O) groups excluding carboxylic acids is 1. The number of hydrogen-bond donors (Lipinski definition) is 2. The van der Waals surface area contributed by atoms with Crippen molar-refractivity contribution in [3.8, 4) is 11.6 Å². The van der Waals surface area contributed by atoms with E-state index < -0.39 is 0 Å². The summed E-state index contributed by atoms with van der Waals surface area (Å²) in [5.74, 6) is -0.106. The van der Waals surface area contributed by atoms with Crippen molar-refractivity contribution in [2.24, 2.45) is 0 Å². The van der Waals surface area contributed by atoms with Gasteiger partial charge in [0.05, 0.1) is 17.8 Å². The number of anilines is 1. The van der Waals surface area contributed by atoms with E-state index in [-0.39, 0.29) is 18.2 Å². The van der Waals surface area contributed by atoms with E-state index in [0.717, 1.165) is 5.56 Å². The van der Waals surface area contributed by atoms with Crippen LogP contribution in [-0.4, -0.2) is 25.3 Å². The summed E-state index contributed by atoms with van der Waals surface area (Å²) in [6.45, 7) is 0.487. The van der Waals surface area contributed by atoms with E-state index in [4.69, 9.17) is 28.3 Å². The van der Waals surface area contributed by atoms with E-state index in [1.807, 2.05) is 54.6 Å². The van der Waals surface area contributed by atoms with Gasteiger partial charge in [-0.2, -0.15) is 0 Å². The molecule has 0 fully saturated rings. The zero-order valence-electron chi connectivity index (χ0n) is 16.4. The molecule has 0 aliphatic heterocycles. The van der Waals surface area contributed by atoms with Gasteiger partial charge in [-0.05, 0) is 48.5 Å². The van der Waals surface area contributed by atoms with E-state index >= 15 is 0 Å². The first kappa shape index (κ1) is 20.9. The molecule has 31 heavy (non-hydrogen) atoms. The molecule has 158 valence electrons. The summed E-state index contributed by atoms with van der Waals surface area (Å²) in [5, 5.41) is 18.0.